The number of terminal acetylenes is 1. The highest BCUT2D eigenvalue weighted by molar-refractivity contribution is 5.33. The molecule has 0 amide bonds. The number of hydrogen-bond donors (Lipinski definition) is 1. The molecule has 1 aliphatic rings. The van der Waals surface area contributed by atoms with Crippen molar-refractivity contribution in [3.63, 3.8) is 0 Å². The van der Waals surface area contributed by atoms with E-state index in [1.165, 1.54) is 37.7 Å². The second-order valence-corrected chi connectivity index (χ2v) is 6.19. The van der Waals surface area contributed by atoms with Crippen molar-refractivity contribution in [2.75, 3.05) is 13.2 Å². The number of para-hydroxylation sites is 1. The first-order valence-electron chi connectivity index (χ1n) is 8.14. The molecule has 1 aromatic rings. The van der Waals surface area contributed by atoms with Gasteiger partial charge in [0.15, 0.2) is 0 Å². The Balaban J connectivity index is 1.70. The molecular weight excluding hydrogens is 258 g/mol. The van der Waals surface area contributed by atoms with Crippen LogP contribution in [0.1, 0.15) is 44.6 Å². The fraction of sp³-hybridized carbons (Fsp3) is 0.579. The van der Waals surface area contributed by atoms with Gasteiger partial charge in [0.25, 0.3) is 0 Å². The van der Waals surface area contributed by atoms with E-state index in [-0.39, 0.29) is 0 Å². The Labute approximate surface area is 129 Å². The summed E-state index contributed by atoms with van der Waals surface area (Å²) in [7, 11) is 0. The molecule has 0 aromatic heterocycles. The summed E-state index contributed by atoms with van der Waals surface area (Å²) in [6, 6.07) is 8.11. The van der Waals surface area contributed by atoms with Crippen molar-refractivity contribution in [2.24, 2.45) is 11.8 Å². The van der Waals surface area contributed by atoms with Crippen molar-refractivity contribution in [1.29, 1.82) is 0 Å². The molecule has 2 nitrogen and oxygen atoms in total. The van der Waals surface area contributed by atoms with Crippen LogP contribution < -0.4 is 10.1 Å². The summed E-state index contributed by atoms with van der Waals surface area (Å²) in [6.07, 6.45) is 12.2. The van der Waals surface area contributed by atoms with Gasteiger partial charge in [-0.3, -0.25) is 0 Å². The van der Waals surface area contributed by atoms with E-state index in [9.17, 15) is 0 Å². The predicted molar refractivity (Wildman–Crippen MR) is 88.2 cm³/mol. The van der Waals surface area contributed by atoms with Crippen molar-refractivity contribution < 1.29 is 4.74 Å². The molecule has 21 heavy (non-hydrogen) atoms. The maximum absolute atomic E-state index is 5.57. The third-order valence-electron chi connectivity index (χ3n) is 4.46. The lowest BCUT2D eigenvalue weighted by molar-refractivity contribution is 0.275. The smallest absolute Gasteiger partial charge is 0.148 e. The fourth-order valence-electron chi connectivity index (χ4n) is 3.06. The van der Waals surface area contributed by atoms with Gasteiger partial charge in [-0.25, -0.2) is 0 Å². The monoisotopic (exact) mass is 285 g/mol. The molecule has 0 atom stereocenters. The molecule has 1 N–H and O–H groups in total. The average Bonchev–Trinajstić information content (AvgIpc) is 2.52. The van der Waals surface area contributed by atoms with Crippen LogP contribution in [0.4, 0.5) is 0 Å². The Morgan fingerprint density at radius 3 is 2.76 bits per heavy atom. The van der Waals surface area contributed by atoms with Gasteiger partial charge >= 0.3 is 0 Å². The molecule has 114 valence electrons. The largest absolute Gasteiger partial charge is 0.481 e. The Kier molecular flexibility index (Phi) is 6.63. The van der Waals surface area contributed by atoms with Gasteiger partial charge in [0.2, 0.25) is 0 Å². The molecular formula is C19H27NO. The van der Waals surface area contributed by atoms with Gasteiger partial charge in [-0.15, -0.1) is 6.42 Å². The molecule has 2 rings (SSSR count). The molecule has 1 aromatic carbocycles. The van der Waals surface area contributed by atoms with Gasteiger partial charge in [-0.2, -0.15) is 0 Å². The zero-order valence-corrected chi connectivity index (χ0v) is 13.1. The van der Waals surface area contributed by atoms with Crippen LogP contribution in [0.2, 0.25) is 0 Å². The summed E-state index contributed by atoms with van der Waals surface area (Å²) < 4.78 is 5.57. The third kappa shape index (κ3) is 5.44. The molecule has 2 heteroatoms. The van der Waals surface area contributed by atoms with Crippen LogP contribution in [0.3, 0.4) is 0 Å². The minimum absolute atomic E-state index is 0.331. The van der Waals surface area contributed by atoms with Crippen molar-refractivity contribution >= 4 is 0 Å². The molecule has 0 aliphatic heterocycles. The van der Waals surface area contributed by atoms with E-state index in [0.29, 0.717) is 6.61 Å². The van der Waals surface area contributed by atoms with Gasteiger partial charge in [0, 0.05) is 12.1 Å². The fourth-order valence-corrected chi connectivity index (χ4v) is 3.06. The first-order chi connectivity index (χ1) is 10.3. The Bertz CT molecular complexity index is 455. The van der Waals surface area contributed by atoms with E-state index in [2.05, 4.69) is 24.2 Å². The van der Waals surface area contributed by atoms with E-state index < -0.39 is 0 Å². The molecule has 0 unspecified atom stereocenters. The Morgan fingerprint density at radius 2 is 2.00 bits per heavy atom. The van der Waals surface area contributed by atoms with Gasteiger partial charge in [0.05, 0.1) is 0 Å². The second-order valence-electron chi connectivity index (χ2n) is 6.19. The minimum Gasteiger partial charge on any atom is -0.481 e. The second kappa shape index (κ2) is 8.74. The summed E-state index contributed by atoms with van der Waals surface area (Å²) in [5.74, 6) is 5.27. The van der Waals surface area contributed by atoms with E-state index in [0.717, 1.165) is 30.7 Å². The van der Waals surface area contributed by atoms with Gasteiger partial charge in [0.1, 0.15) is 12.4 Å². The predicted octanol–water partition coefficient (Wildman–Crippen LogP) is 4.00. The first kappa shape index (κ1) is 15.9. The summed E-state index contributed by atoms with van der Waals surface area (Å²) in [5, 5.41) is 3.55. The number of benzene rings is 1. The first-order valence-corrected chi connectivity index (χ1v) is 8.14. The van der Waals surface area contributed by atoms with Crippen LogP contribution in [0, 0.1) is 24.2 Å². The summed E-state index contributed by atoms with van der Waals surface area (Å²) in [4.78, 5) is 0. The van der Waals surface area contributed by atoms with Gasteiger partial charge in [-0.1, -0.05) is 56.7 Å². The topological polar surface area (TPSA) is 21.3 Å². The third-order valence-corrected chi connectivity index (χ3v) is 4.46. The Hall–Kier alpha value is -1.46. The lowest BCUT2D eigenvalue weighted by Crippen LogP contribution is -2.20. The highest BCUT2D eigenvalue weighted by Gasteiger charge is 2.17. The highest BCUT2D eigenvalue weighted by atomic mass is 16.5. The maximum atomic E-state index is 5.57. The lowest BCUT2D eigenvalue weighted by atomic mass is 9.81. The van der Waals surface area contributed by atoms with Crippen molar-refractivity contribution in [1.82, 2.24) is 5.32 Å². The average molecular weight is 285 g/mol. The summed E-state index contributed by atoms with van der Waals surface area (Å²) in [6.45, 7) is 4.64. The zero-order chi connectivity index (χ0) is 14.9. The van der Waals surface area contributed by atoms with E-state index in [1.54, 1.807) is 0 Å². The molecule has 1 fully saturated rings. The van der Waals surface area contributed by atoms with Crippen LogP contribution in [-0.4, -0.2) is 13.2 Å². The van der Waals surface area contributed by atoms with Crippen molar-refractivity contribution in [2.45, 2.75) is 45.6 Å². The van der Waals surface area contributed by atoms with Gasteiger partial charge < -0.3 is 10.1 Å². The molecule has 0 spiro atoms. The molecule has 0 heterocycles. The van der Waals surface area contributed by atoms with Crippen LogP contribution in [0.25, 0.3) is 0 Å². The normalized spacial score (nSPS) is 21.7. The molecule has 0 bridgehead atoms. The number of hydrogen-bond acceptors (Lipinski definition) is 2. The van der Waals surface area contributed by atoms with E-state index in [4.69, 9.17) is 11.2 Å². The summed E-state index contributed by atoms with van der Waals surface area (Å²) in [5.41, 5.74) is 1.19. The zero-order valence-electron chi connectivity index (χ0n) is 13.1. The van der Waals surface area contributed by atoms with Crippen LogP contribution in [-0.2, 0) is 6.54 Å². The van der Waals surface area contributed by atoms with Crippen LogP contribution >= 0.6 is 0 Å². The number of nitrogens with one attached hydrogen (secondary N) is 1. The molecule has 0 saturated heterocycles. The minimum atomic E-state index is 0.331. The molecule has 0 radical (unpaired) electrons. The molecule has 1 aliphatic carbocycles. The summed E-state index contributed by atoms with van der Waals surface area (Å²) >= 11 is 0. The van der Waals surface area contributed by atoms with Crippen LogP contribution in [0.15, 0.2) is 24.3 Å². The maximum Gasteiger partial charge on any atom is 0.148 e. The highest BCUT2D eigenvalue weighted by Crippen LogP contribution is 2.30. The quantitative estimate of drug-likeness (QED) is 0.604. The van der Waals surface area contributed by atoms with Crippen LogP contribution in [0.5, 0.6) is 5.75 Å². The molecule has 1 saturated carbocycles. The van der Waals surface area contributed by atoms with Crippen molar-refractivity contribution in [3.8, 4) is 18.1 Å². The van der Waals surface area contributed by atoms with Gasteiger partial charge in [-0.05, 0) is 30.9 Å². The Morgan fingerprint density at radius 1 is 1.24 bits per heavy atom. The van der Waals surface area contributed by atoms with E-state index >= 15 is 0 Å². The van der Waals surface area contributed by atoms with E-state index in [1.807, 2.05) is 18.2 Å². The lowest BCUT2D eigenvalue weighted by Gasteiger charge is -2.26. The van der Waals surface area contributed by atoms with Crippen molar-refractivity contribution in [3.05, 3.63) is 29.8 Å². The standard InChI is InChI=1S/C19H27NO/c1-3-14-21-19-7-5-4-6-18(19)15-20-13-12-17-10-8-16(2)9-11-17/h1,4-7,16-17,20H,8-15H2,2H3. The SMILES string of the molecule is C#CCOc1ccccc1CNCCC1CCC(C)CC1. The number of rotatable bonds is 7. The number of ether oxygens (including phenoxy) is 1.